The van der Waals surface area contributed by atoms with Crippen molar-refractivity contribution < 1.29 is 19.1 Å². The number of carbonyl (C=O) groups is 2. The van der Waals surface area contributed by atoms with Gasteiger partial charge in [-0.2, -0.15) is 5.10 Å². The molecule has 1 saturated heterocycles. The van der Waals surface area contributed by atoms with Gasteiger partial charge < -0.3 is 14.4 Å². The van der Waals surface area contributed by atoms with Crippen molar-refractivity contribution in [1.82, 2.24) is 5.43 Å². The molecule has 0 spiro atoms. The third-order valence-corrected chi connectivity index (χ3v) is 4.46. The number of amides is 1. The average molecular weight is 381 g/mol. The summed E-state index contributed by atoms with van der Waals surface area (Å²) < 4.78 is 9.97. The fraction of sp³-hybridized carbons (Fsp3) is 0.286. The fourth-order valence-electron chi connectivity index (χ4n) is 2.94. The van der Waals surface area contributed by atoms with Crippen molar-refractivity contribution in [2.45, 2.75) is 12.8 Å². The second-order valence-corrected chi connectivity index (χ2v) is 6.34. The van der Waals surface area contributed by atoms with Crippen LogP contribution in [-0.4, -0.2) is 44.9 Å². The number of benzene rings is 2. The predicted molar refractivity (Wildman–Crippen MR) is 107 cm³/mol. The van der Waals surface area contributed by atoms with Crippen LogP contribution >= 0.6 is 0 Å². The number of hydrazone groups is 1. The minimum atomic E-state index is -0.475. The number of nitrogens with one attached hydrogen (secondary N) is 1. The Balaban J connectivity index is 1.58. The molecule has 0 aromatic heterocycles. The van der Waals surface area contributed by atoms with E-state index < -0.39 is 5.97 Å². The maximum Gasteiger partial charge on any atom is 0.343 e. The first kappa shape index (κ1) is 19.4. The third kappa shape index (κ3) is 5.09. The molecule has 0 bridgehead atoms. The topological polar surface area (TPSA) is 80.2 Å². The zero-order chi connectivity index (χ0) is 19.8. The lowest BCUT2D eigenvalue weighted by Gasteiger charge is -2.17. The summed E-state index contributed by atoms with van der Waals surface area (Å²) in [5, 5.41) is 3.99. The molecule has 7 heteroatoms. The van der Waals surface area contributed by atoms with Crippen molar-refractivity contribution in [1.29, 1.82) is 0 Å². The van der Waals surface area contributed by atoms with Crippen LogP contribution in [0.1, 0.15) is 28.8 Å². The molecule has 2 aromatic rings. The number of nitrogens with zero attached hydrogens (tertiary/aromatic N) is 2. The van der Waals surface area contributed by atoms with Gasteiger partial charge in [-0.05, 0) is 49.2 Å². The highest BCUT2D eigenvalue weighted by Gasteiger charge is 2.13. The Morgan fingerprint density at radius 1 is 1.11 bits per heavy atom. The van der Waals surface area contributed by atoms with Crippen LogP contribution in [0.3, 0.4) is 0 Å². The van der Waals surface area contributed by atoms with Crippen LogP contribution in [0.4, 0.5) is 5.69 Å². The molecule has 1 fully saturated rings. The summed E-state index contributed by atoms with van der Waals surface area (Å²) in [6, 6.07) is 14.6. The predicted octanol–water partition coefficient (Wildman–Crippen LogP) is 2.60. The fourth-order valence-corrected chi connectivity index (χ4v) is 2.94. The average Bonchev–Trinajstić information content (AvgIpc) is 3.27. The van der Waals surface area contributed by atoms with Gasteiger partial charge in [0.2, 0.25) is 0 Å². The first-order chi connectivity index (χ1) is 13.7. The Hall–Kier alpha value is -3.35. The second-order valence-electron chi connectivity index (χ2n) is 6.34. The van der Waals surface area contributed by atoms with Crippen LogP contribution in [0.2, 0.25) is 0 Å². The van der Waals surface area contributed by atoms with Gasteiger partial charge in [-0.1, -0.05) is 12.1 Å². The highest BCUT2D eigenvalue weighted by Crippen LogP contribution is 2.20. The SMILES string of the molecule is COC(=O)COc1ccccc1/C=N\NC(=O)c1ccc(N2CCCC2)cc1. The molecule has 146 valence electrons. The van der Waals surface area contributed by atoms with E-state index in [-0.39, 0.29) is 12.5 Å². The van der Waals surface area contributed by atoms with Crippen molar-refractivity contribution in [3.63, 3.8) is 0 Å². The molecule has 0 radical (unpaired) electrons. The number of ether oxygens (including phenoxy) is 2. The van der Waals surface area contributed by atoms with Crippen LogP contribution in [0.25, 0.3) is 0 Å². The van der Waals surface area contributed by atoms with E-state index in [1.165, 1.54) is 26.2 Å². The van der Waals surface area contributed by atoms with Crippen molar-refractivity contribution in [2.75, 3.05) is 31.7 Å². The van der Waals surface area contributed by atoms with Crippen LogP contribution in [-0.2, 0) is 9.53 Å². The van der Waals surface area contributed by atoms with Crippen molar-refractivity contribution >= 4 is 23.8 Å². The summed E-state index contributed by atoms with van der Waals surface area (Å²) in [5.41, 5.74) is 4.82. The Morgan fingerprint density at radius 3 is 2.54 bits per heavy atom. The maximum atomic E-state index is 12.3. The van der Waals surface area contributed by atoms with E-state index in [4.69, 9.17) is 4.74 Å². The molecule has 3 rings (SSSR count). The first-order valence-corrected chi connectivity index (χ1v) is 9.14. The Labute approximate surface area is 163 Å². The molecular weight excluding hydrogens is 358 g/mol. The van der Waals surface area contributed by atoms with E-state index in [1.807, 2.05) is 18.2 Å². The Kier molecular flexibility index (Phi) is 6.62. The highest BCUT2D eigenvalue weighted by molar-refractivity contribution is 5.95. The van der Waals surface area contributed by atoms with Gasteiger partial charge in [0.05, 0.1) is 13.3 Å². The van der Waals surface area contributed by atoms with Crippen molar-refractivity contribution in [2.24, 2.45) is 5.10 Å². The molecule has 1 amide bonds. The Bertz CT molecular complexity index is 843. The molecular formula is C21H23N3O4. The van der Waals surface area contributed by atoms with Crippen LogP contribution in [0.15, 0.2) is 53.6 Å². The van der Waals surface area contributed by atoms with Crippen molar-refractivity contribution in [3.8, 4) is 5.75 Å². The van der Waals surface area contributed by atoms with Gasteiger partial charge in [-0.3, -0.25) is 4.79 Å². The van der Waals surface area contributed by atoms with Gasteiger partial charge in [0, 0.05) is 29.9 Å². The molecule has 28 heavy (non-hydrogen) atoms. The highest BCUT2D eigenvalue weighted by atomic mass is 16.6. The van der Waals surface area contributed by atoms with Gasteiger partial charge in [0.15, 0.2) is 6.61 Å². The monoisotopic (exact) mass is 381 g/mol. The van der Waals surface area contributed by atoms with Crippen LogP contribution < -0.4 is 15.1 Å². The quantitative estimate of drug-likeness (QED) is 0.453. The number of hydrogen-bond donors (Lipinski definition) is 1. The summed E-state index contributed by atoms with van der Waals surface area (Å²) in [6.07, 6.45) is 3.90. The first-order valence-electron chi connectivity index (χ1n) is 9.14. The molecule has 0 saturated carbocycles. The van der Waals surface area contributed by atoms with Crippen molar-refractivity contribution in [3.05, 3.63) is 59.7 Å². The van der Waals surface area contributed by atoms with Gasteiger partial charge in [-0.15, -0.1) is 0 Å². The number of carbonyl (C=O) groups excluding carboxylic acids is 2. The summed E-state index contributed by atoms with van der Waals surface area (Å²) in [5.74, 6) is -0.296. The Morgan fingerprint density at radius 2 is 1.82 bits per heavy atom. The van der Waals surface area contributed by atoms with E-state index in [1.54, 1.807) is 30.3 Å². The smallest absolute Gasteiger partial charge is 0.343 e. The van der Waals surface area contributed by atoms with Crippen LogP contribution in [0.5, 0.6) is 5.75 Å². The summed E-state index contributed by atoms with van der Waals surface area (Å²) in [7, 11) is 1.30. The summed E-state index contributed by atoms with van der Waals surface area (Å²) in [4.78, 5) is 25.8. The van der Waals surface area contributed by atoms with E-state index in [2.05, 4.69) is 20.2 Å². The molecule has 1 heterocycles. The molecule has 7 nitrogen and oxygen atoms in total. The minimum Gasteiger partial charge on any atom is -0.481 e. The van der Waals surface area contributed by atoms with E-state index in [0.717, 1.165) is 18.8 Å². The van der Waals surface area contributed by atoms with E-state index in [0.29, 0.717) is 16.9 Å². The minimum absolute atomic E-state index is 0.197. The van der Waals surface area contributed by atoms with Gasteiger partial charge in [0.1, 0.15) is 5.75 Å². The van der Waals surface area contributed by atoms with Gasteiger partial charge in [-0.25, -0.2) is 10.2 Å². The van der Waals surface area contributed by atoms with E-state index in [9.17, 15) is 9.59 Å². The van der Waals surface area contributed by atoms with Crippen LogP contribution in [0, 0.1) is 0 Å². The third-order valence-electron chi connectivity index (χ3n) is 4.46. The normalized spacial score (nSPS) is 13.5. The summed E-state index contributed by atoms with van der Waals surface area (Å²) >= 11 is 0. The lowest BCUT2D eigenvalue weighted by molar-refractivity contribution is -0.142. The number of esters is 1. The molecule has 0 aliphatic carbocycles. The molecule has 0 atom stereocenters. The second kappa shape index (κ2) is 9.55. The van der Waals surface area contributed by atoms with E-state index >= 15 is 0 Å². The van der Waals surface area contributed by atoms with Gasteiger partial charge >= 0.3 is 5.97 Å². The zero-order valence-corrected chi connectivity index (χ0v) is 15.8. The molecule has 2 aromatic carbocycles. The lowest BCUT2D eigenvalue weighted by atomic mass is 10.2. The lowest BCUT2D eigenvalue weighted by Crippen LogP contribution is -2.19. The molecule has 1 aliphatic rings. The number of para-hydroxylation sites is 1. The molecule has 1 aliphatic heterocycles. The number of rotatable bonds is 7. The standard InChI is InChI=1S/C21H23N3O4/c1-27-20(25)15-28-19-7-3-2-6-17(19)14-22-23-21(26)16-8-10-18(11-9-16)24-12-4-5-13-24/h2-3,6-11,14H,4-5,12-13,15H2,1H3,(H,23,26)/b22-14-. The maximum absolute atomic E-state index is 12.3. The van der Waals surface area contributed by atoms with Gasteiger partial charge in [0.25, 0.3) is 5.91 Å². The summed E-state index contributed by atoms with van der Waals surface area (Å²) in [6.45, 7) is 1.93. The number of anilines is 1. The largest absolute Gasteiger partial charge is 0.481 e. The number of hydrogen-bond acceptors (Lipinski definition) is 6. The molecule has 0 unspecified atom stereocenters. The molecule has 1 N–H and O–H groups in total. The number of methoxy groups -OCH3 is 1. The zero-order valence-electron chi connectivity index (χ0n) is 15.8.